The maximum atomic E-state index is 9.48. The number of nitrogen functional groups attached to an aromatic ring is 1. The molecule has 1 fully saturated rings. The van der Waals surface area contributed by atoms with Crippen molar-refractivity contribution in [3.05, 3.63) is 11.9 Å². The van der Waals surface area contributed by atoms with Gasteiger partial charge in [-0.05, 0) is 18.8 Å². The van der Waals surface area contributed by atoms with E-state index in [0.717, 1.165) is 30.8 Å². The lowest BCUT2D eigenvalue weighted by molar-refractivity contribution is 0.244. The molecule has 1 saturated heterocycles. The van der Waals surface area contributed by atoms with Gasteiger partial charge in [-0.3, -0.25) is 0 Å². The molecule has 3 N–H and O–H groups in total. The number of aliphatic hydroxyl groups excluding tert-OH is 1. The van der Waals surface area contributed by atoms with Crippen molar-refractivity contribution >= 4 is 11.6 Å². The molecule has 17 heavy (non-hydrogen) atoms. The van der Waals surface area contributed by atoms with Crippen LogP contribution in [0.2, 0.25) is 0 Å². The van der Waals surface area contributed by atoms with E-state index in [1.807, 2.05) is 6.92 Å². The minimum atomic E-state index is 0.148. The quantitative estimate of drug-likeness (QED) is 0.813. The number of anilines is 2. The van der Waals surface area contributed by atoms with Gasteiger partial charge in [-0.25, -0.2) is 9.97 Å². The Labute approximate surface area is 102 Å². The van der Waals surface area contributed by atoms with Gasteiger partial charge in [-0.1, -0.05) is 13.8 Å². The summed E-state index contributed by atoms with van der Waals surface area (Å²) in [6.45, 7) is 5.30. The molecule has 0 bridgehead atoms. The highest BCUT2D eigenvalue weighted by Gasteiger charge is 2.32. The highest BCUT2D eigenvalue weighted by molar-refractivity contribution is 5.57. The van der Waals surface area contributed by atoms with E-state index in [1.165, 1.54) is 6.33 Å². The Morgan fingerprint density at radius 3 is 2.94 bits per heavy atom. The number of aromatic nitrogens is 2. The summed E-state index contributed by atoms with van der Waals surface area (Å²) in [7, 11) is 0. The summed E-state index contributed by atoms with van der Waals surface area (Å²) in [5.74, 6) is 1.93. The zero-order valence-electron chi connectivity index (χ0n) is 10.4. The van der Waals surface area contributed by atoms with E-state index in [9.17, 15) is 5.11 Å². The molecule has 0 spiro atoms. The van der Waals surface area contributed by atoms with Gasteiger partial charge in [0.1, 0.15) is 18.0 Å². The number of nitrogens with zero attached hydrogens (tertiary/aromatic N) is 3. The lowest BCUT2D eigenvalue weighted by Gasteiger charge is -2.28. The first kappa shape index (κ1) is 12.1. The molecule has 0 radical (unpaired) electrons. The van der Waals surface area contributed by atoms with Crippen LogP contribution in [0.15, 0.2) is 6.33 Å². The van der Waals surface area contributed by atoms with Crippen molar-refractivity contribution in [3.8, 4) is 0 Å². The third-order valence-corrected chi connectivity index (χ3v) is 3.65. The van der Waals surface area contributed by atoms with Crippen LogP contribution in [-0.4, -0.2) is 34.3 Å². The zero-order chi connectivity index (χ0) is 12.4. The third-order valence-electron chi connectivity index (χ3n) is 3.65. The maximum Gasteiger partial charge on any atom is 0.137 e. The molecule has 2 atom stereocenters. The van der Waals surface area contributed by atoms with E-state index in [2.05, 4.69) is 21.8 Å². The summed E-state index contributed by atoms with van der Waals surface area (Å²) >= 11 is 0. The molecule has 94 valence electrons. The monoisotopic (exact) mass is 236 g/mol. The Kier molecular flexibility index (Phi) is 3.47. The van der Waals surface area contributed by atoms with Crippen molar-refractivity contribution in [3.63, 3.8) is 0 Å². The Morgan fingerprint density at radius 1 is 1.53 bits per heavy atom. The van der Waals surface area contributed by atoms with E-state index in [4.69, 9.17) is 5.73 Å². The van der Waals surface area contributed by atoms with Crippen molar-refractivity contribution < 1.29 is 5.11 Å². The molecule has 0 amide bonds. The predicted molar refractivity (Wildman–Crippen MR) is 67.8 cm³/mol. The first-order chi connectivity index (χ1) is 8.19. The lowest BCUT2D eigenvalue weighted by Crippen LogP contribution is -2.36. The van der Waals surface area contributed by atoms with Gasteiger partial charge < -0.3 is 15.7 Å². The molecule has 1 aliphatic rings. The Bertz CT molecular complexity index is 396. The van der Waals surface area contributed by atoms with Crippen LogP contribution >= 0.6 is 0 Å². The molecule has 5 heteroatoms. The minimum Gasteiger partial charge on any atom is -0.394 e. The van der Waals surface area contributed by atoms with Gasteiger partial charge >= 0.3 is 0 Å². The zero-order valence-corrected chi connectivity index (χ0v) is 10.4. The summed E-state index contributed by atoms with van der Waals surface area (Å²) in [6.07, 6.45) is 3.39. The third kappa shape index (κ3) is 2.07. The molecule has 0 aromatic carbocycles. The van der Waals surface area contributed by atoms with Crippen molar-refractivity contribution in [2.45, 2.75) is 32.7 Å². The van der Waals surface area contributed by atoms with Gasteiger partial charge in [0, 0.05) is 12.1 Å². The van der Waals surface area contributed by atoms with E-state index < -0.39 is 0 Å². The van der Waals surface area contributed by atoms with Gasteiger partial charge in [-0.15, -0.1) is 0 Å². The Hall–Kier alpha value is -1.36. The minimum absolute atomic E-state index is 0.148. The van der Waals surface area contributed by atoms with Crippen LogP contribution in [0.1, 0.15) is 25.8 Å². The van der Waals surface area contributed by atoms with E-state index in [-0.39, 0.29) is 12.6 Å². The first-order valence-corrected chi connectivity index (χ1v) is 6.15. The van der Waals surface area contributed by atoms with Crippen LogP contribution in [-0.2, 0) is 6.42 Å². The number of hydrogen-bond acceptors (Lipinski definition) is 5. The molecule has 1 aromatic heterocycles. The van der Waals surface area contributed by atoms with Crippen molar-refractivity contribution in [2.24, 2.45) is 5.92 Å². The van der Waals surface area contributed by atoms with E-state index >= 15 is 0 Å². The molecule has 2 rings (SSSR count). The number of rotatable bonds is 3. The molecule has 2 heterocycles. The largest absolute Gasteiger partial charge is 0.394 e. The smallest absolute Gasteiger partial charge is 0.137 e. The van der Waals surface area contributed by atoms with E-state index in [1.54, 1.807) is 0 Å². The standard InChI is InChI=1S/C12H20N4O/c1-3-9-11(13)14-7-15-12(9)16-5-4-8(2)10(16)6-17/h7-8,10,17H,3-6H2,1-2H3,(H2,13,14,15). The second-order valence-corrected chi connectivity index (χ2v) is 4.62. The average Bonchev–Trinajstić information content (AvgIpc) is 2.69. The second-order valence-electron chi connectivity index (χ2n) is 4.62. The fourth-order valence-electron chi connectivity index (χ4n) is 2.55. The normalized spacial score (nSPS) is 24.3. The summed E-state index contributed by atoms with van der Waals surface area (Å²) < 4.78 is 0. The fraction of sp³-hybridized carbons (Fsp3) is 0.667. The molecular weight excluding hydrogens is 216 g/mol. The first-order valence-electron chi connectivity index (χ1n) is 6.15. The van der Waals surface area contributed by atoms with Crippen LogP contribution in [0.4, 0.5) is 11.6 Å². The maximum absolute atomic E-state index is 9.48. The Morgan fingerprint density at radius 2 is 2.29 bits per heavy atom. The van der Waals surface area contributed by atoms with Gasteiger partial charge in [0.2, 0.25) is 0 Å². The van der Waals surface area contributed by atoms with Crippen LogP contribution < -0.4 is 10.6 Å². The summed E-state index contributed by atoms with van der Waals surface area (Å²) in [5, 5.41) is 9.48. The number of nitrogens with two attached hydrogens (primary N) is 1. The summed E-state index contributed by atoms with van der Waals surface area (Å²) in [6, 6.07) is 0.148. The number of hydrogen-bond donors (Lipinski definition) is 2. The van der Waals surface area contributed by atoms with Crippen molar-refractivity contribution in [2.75, 3.05) is 23.8 Å². The molecular formula is C12H20N4O. The molecule has 0 saturated carbocycles. The molecule has 5 nitrogen and oxygen atoms in total. The van der Waals surface area contributed by atoms with Crippen LogP contribution in [0, 0.1) is 5.92 Å². The number of aliphatic hydroxyl groups is 1. The van der Waals surface area contributed by atoms with E-state index in [0.29, 0.717) is 11.7 Å². The van der Waals surface area contributed by atoms with Crippen LogP contribution in [0.5, 0.6) is 0 Å². The lowest BCUT2D eigenvalue weighted by atomic mass is 10.0. The molecule has 1 aliphatic heterocycles. The van der Waals surface area contributed by atoms with Gasteiger partial charge in [0.25, 0.3) is 0 Å². The highest BCUT2D eigenvalue weighted by Crippen LogP contribution is 2.31. The molecule has 1 aromatic rings. The summed E-state index contributed by atoms with van der Waals surface area (Å²) in [4.78, 5) is 10.5. The topological polar surface area (TPSA) is 75.3 Å². The summed E-state index contributed by atoms with van der Waals surface area (Å²) in [5.41, 5.74) is 6.87. The van der Waals surface area contributed by atoms with Crippen LogP contribution in [0.25, 0.3) is 0 Å². The van der Waals surface area contributed by atoms with Crippen LogP contribution in [0.3, 0.4) is 0 Å². The highest BCUT2D eigenvalue weighted by atomic mass is 16.3. The van der Waals surface area contributed by atoms with Crippen molar-refractivity contribution in [1.82, 2.24) is 9.97 Å². The van der Waals surface area contributed by atoms with Crippen molar-refractivity contribution in [1.29, 1.82) is 0 Å². The van der Waals surface area contributed by atoms with Gasteiger partial charge in [0.15, 0.2) is 0 Å². The second kappa shape index (κ2) is 4.87. The van der Waals surface area contributed by atoms with Gasteiger partial charge in [-0.2, -0.15) is 0 Å². The van der Waals surface area contributed by atoms with Gasteiger partial charge in [0.05, 0.1) is 12.6 Å². The Balaban J connectivity index is 2.37. The molecule has 2 unspecified atom stereocenters. The average molecular weight is 236 g/mol. The molecule has 0 aliphatic carbocycles. The predicted octanol–water partition coefficient (Wildman–Crippen LogP) is 0.828. The fourth-order valence-corrected chi connectivity index (χ4v) is 2.55. The SMILES string of the molecule is CCc1c(N)ncnc1N1CCC(C)C1CO.